The minimum atomic E-state index is -0.215. The highest BCUT2D eigenvalue weighted by molar-refractivity contribution is 5.78. The van der Waals surface area contributed by atoms with E-state index in [-0.39, 0.29) is 30.4 Å². The molecule has 2 aliphatic heterocycles. The van der Waals surface area contributed by atoms with E-state index in [1.165, 1.54) is 37.0 Å². The molecule has 2 aliphatic rings. The number of benzene rings is 2. The number of nitrogens with zero attached hydrogens (tertiary/aromatic N) is 3. The Balaban J connectivity index is 1.36. The Morgan fingerprint density at radius 2 is 1.73 bits per heavy atom. The molecule has 2 aromatic carbocycles. The molecule has 0 radical (unpaired) electrons. The number of piperazine rings is 1. The Kier molecular flexibility index (Phi) is 7.53. The second-order valence-electron chi connectivity index (χ2n) is 9.61. The van der Waals surface area contributed by atoms with E-state index in [9.17, 15) is 9.18 Å². The van der Waals surface area contributed by atoms with Gasteiger partial charge in [-0.25, -0.2) is 4.39 Å². The zero-order valence-electron chi connectivity index (χ0n) is 20.1. The summed E-state index contributed by atoms with van der Waals surface area (Å²) in [7, 11) is 0. The van der Waals surface area contributed by atoms with E-state index in [0.717, 1.165) is 43.2 Å². The van der Waals surface area contributed by atoms with Gasteiger partial charge in [0.05, 0.1) is 5.69 Å². The highest BCUT2D eigenvalue weighted by Crippen LogP contribution is 2.32. The van der Waals surface area contributed by atoms with Crippen LogP contribution in [0.5, 0.6) is 5.75 Å². The Hall–Kier alpha value is -2.60. The molecular weight excluding hydrogens is 417 g/mol. The topological polar surface area (TPSA) is 36.0 Å². The Labute approximate surface area is 197 Å². The molecule has 0 spiro atoms. The molecule has 6 heteroatoms. The van der Waals surface area contributed by atoms with Gasteiger partial charge in [-0.3, -0.25) is 9.69 Å². The van der Waals surface area contributed by atoms with Crippen molar-refractivity contribution in [3.63, 3.8) is 0 Å². The van der Waals surface area contributed by atoms with Crippen LogP contribution in [-0.2, 0) is 11.3 Å². The first-order valence-electron chi connectivity index (χ1n) is 12.2. The summed E-state index contributed by atoms with van der Waals surface area (Å²) in [5.41, 5.74) is 3.39. The van der Waals surface area contributed by atoms with E-state index in [0.29, 0.717) is 6.54 Å². The molecule has 0 unspecified atom stereocenters. The lowest BCUT2D eigenvalue weighted by Crippen LogP contribution is -2.58. The van der Waals surface area contributed by atoms with Crippen LogP contribution in [0.2, 0.25) is 0 Å². The maximum atomic E-state index is 13.2. The summed E-state index contributed by atoms with van der Waals surface area (Å²) in [5, 5.41) is 0. The molecule has 0 N–H and O–H groups in total. The van der Waals surface area contributed by atoms with Gasteiger partial charge in [0.1, 0.15) is 11.6 Å². The maximum absolute atomic E-state index is 13.2. The average Bonchev–Trinajstić information content (AvgIpc) is 2.82. The molecule has 0 aromatic heterocycles. The maximum Gasteiger partial charge on any atom is 0.260 e. The molecule has 2 fully saturated rings. The standard InChI is InChI=1S/C27H36FN3O2/c1-20-7-12-26(25(15-20)29-13-5-4-6-14-29)33-19-27(32)31-17-21(2)30(16-22(31)3)18-23-8-10-24(28)11-9-23/h7-12,15,21-22H,4-6,13-14,16-19H2,1-3H3/t21-,22+/m1/s1. The van der Waals surface area contributed by atoms with Crippen molar-refractivity contribution >= 4 is 11.6 Å². The zero-order chi connectivity index (χ0) is 23.4. The fourth-order valence-electron chi connectivity index (χ4n) is 4.94. The number of piperidine rings is 1. The smallest absolute Gasteiger partial charge is 0.260 e. The van der Waals surface area contributed by atoms with Gasteiger partial charge in [-0.05, 0) is 75.4 Å². The molecule has 2 saturated heterocycles. The Morgan fingerprint density at radius 1 is 1.00 bits per heavy atom. The van der Waals surface area contributed by atoms with Crippen LogP contribution in [0.4, 0.5) is 10.1 Å². The van der Waals surface area contributed by atoms with Gasteiger partial charge in [-0.2, -0.15) is 0 Å². The van der Waals surface area contributed by atoms with E-state index in [1.807, 2.05) is 29.2 Å². The fourth-order valence-corrected chi connectivity index (χ4v) is 4.94. The Bertz CT molecular complexity index is 943. The number of amides is 1. The molecular formula is C27H36FN3O2. The largest absolute Gasteiger partial charge is 0.482 e. The van der Waals surface area contributed by atoms with Crippen LogP contribution >= 0.6 is 0 Å². The first kappa shape index (κ1) is 23.6. The molecule has 0 saturated carbocycles. The summed E-state index contributed by atoms with van der Waals surface area (Å²) in [6, 6.07) is 13.2. The summed E-state index contributed by atoms with van der Waals surface area (Å²) >= 11 is 0. The lowest BCUT2D eigenvalue weighted by Gasteiger charge is -2.44. The van der Waals surface area contributed by atoms with E-state index < -0.39 is 0 Å². The average molecular weight is 454 g/mol. The predicted octanol–water partition coefficient (Wildman–Crippen LogP) is 4.62. The number of anilines is 1. The van der Waals surface area contributed by atoms with Crippen LogP contribution in [-0.4, -0.2) is 60.6 Å². The minimum absolute atomic E-state index is 0.0287. The summed E-state index contributed by atoms with van der Waals surface area (Å²) < 4.78 is 19.3. The van der Waals surface area contributed by atoms with Gasteiger partial charge in [0.2, 0.25) is 0 Å². The van der Waals surface area contributed by atoms with Crippen molar-refractivity contribution in [3.05, 3.63) is 59.4 Å². The lowest BCUT2D eigenvalue weighted by atomic mass is 10.1. The van der Waals surface area contributed by atoms with Gasteiger partial charge in [0.25, 0.3) is 5.91 Å². The molecule has 4 rings (SSSR count). The molecule has 0 bridgehead atoms. The summed E-state index contributed by atoms with van der Waals surface area (Å²) in [6.45, 7) is 10.7. The highest BCUT2D eigenvalue weighted by atomic mass is 19.1. The van der Waals surface area contributed by atoms with Crippen LogP contribution in [0, 0.1) is 12.7 Å². The van der Waals surface area contributed by atoms with Crippen LogP contribution in [0.25, 0.3) is 0 Å². The summed E-state index contributed by atoms with van der Waals surface area (Å²) in [5.74, 6) is 0.611. The van der Waals surface area contributed by atoms with Gasteiger partial charge in [0.15, 0.2) is 6.61 Å². The van der Waals surface area contributed by atoms with Gasteiger partial charge in [-0.15, -0.1) is 0 Å². The van der Waals surface area contributed by atoms with Gasteiger partial charge in [-0.1, -0.05) is 18.2 Å². The normalized spacial score (nSPS) is 21.8. The fraction of sp³-hybridized carbons (Fsp3) is 0.519. The third-order valence-corrected chi connectivity index (χ3v) is 6.90. The van der Waals surface area contributed by atoms with Crippen molar-refractivity contribution in [2.45, 2.75) is 58.7 Å². The number of hydrogen-bond donors (Lipinski definition) is 0. The first-order valence-corrected chi connectivity index (χ1v) is 12.2. The van der Waals surface area contributed by atoms with Crippen LogP contribution in [0.1, 0.15) is 44.2 Å². The van der Waals surface area contributed by atoms with Gasteiger partial charge < -0.3 is 14.5 Å². The second-order valence-corrected chi connectivity index (χ2v) is 9.61. The molecule has 2 heterocycles. The van der Waals surface area contributed by atoms with E-state index >= 15 is 0 Å². The third-order valence-electron chi connectivity index (χ3n) is 6.90. The molecule has 33 heavy (non-hydrogen) atoms. The van der Waals surface area contributed by atoms with Gasteiger partial charge in [0, 0.05) is 44.8 Å². The number of aryl methyl sites for hydroxylation is 1. The van der Waals surface area contributed by atoms with Crippen molar-refractivity contribution < 1.29 is 13.9 Å². The zero-order valence-corrected chi connectivity index (χ0v) is 20.1. The number of carbonyl (C=O) groups is 1. The van der Waals surface area contributed by atoms with Crippen LogP contribution < -0.4 is 9.64 Å². The molecule has 0 aliphatic carbocycles. The van der Waals surface area contributed by atoms with Crippen LogP contribution in [0.15, 0.2) is 42.5 Å². The van der Waals surface area contributed by atoms with Crippen molar-refractivity contribution in [3.8, 4) is 5.75 Å². The quantitative estimate of drug-likeness (QED) is 0.639. The predicted molar refractivity (Wildman–Crippen MR) is 130 cm³/mol. The third kappa shape index (κ3) is 5.85. The molecule has 2 atom stereocenters. The number of ether oxygens (including phenoxy) is 1. The second kappa shape index (κ2) is 10.6. The van der Waals surface area contributed by atoms with Crippen molar-refractivity contribution in [2.24, 2.45) is 0 Å². The Morgan fingerprint density at radius 3 is 2.45 bits per heavy atom. The molecule has 5 nitrogen and oxygen atoms in total. The van der Waals surface area contributed by atoms with Crippen LogP contribution in [0.3, 0.4) is 0 Å². The number of rotatable bonds is 6. The summed E-state index contributed by atoms with van der Waals surface area (Å²) in [4.78, 5) is 19.8. The lowest BCUT2D eigenvalue weighted by molar-refractivity contribution is -0.139. The SMILES string of the molecule is Cc1ccc(OCC(=O)N2C[C@@H](C)N(Cc3ccc(F)cc3)C[C@@H]2C)c(N2CCCCC2)c1. The number of halogens is 1. The van der Waals surface area contributed by atoms with E-state index in [1.54, 1.807) is 0 Å². The first-order chi connectivity index (χ1) is 15.9. The van der Waals surface area contributed by atoms with Crippen molar-refractivity contribution in [1.29, 1.82) is 0 Å². The summed E-state index contributed by atoms with van der Waals surface area (Å²) in [6.07, 6.45) is 3.67. The number of hydrogen-bond acceptors (Lipinski definition) is 4. The number of carbonyl (C=O) groups excluding carboxylic acids is 1. The molecule has 178 valence electrons. The van der Waals surface area contributed by atoms with E-state index in [4.69, 9.17) is 4.74 Å². The van der Waals surface area contributed by atoms with Gasteiger partial charge >= 0.3 is 0 Å². The van der Waals surface area contributed by atoms with Crippen molar-refractivity contribution in [1.82, 2.24) is 9.80 Å². The van der Waals surface area contributed by atoms with E-state index in [2.05, 4.69) is 36.6 Å². The van der Waals surface area contributed by atoms with Crippen molar-refractivity contribution in [2.75, 3.05) is 37.7 Å². The monoisotopic (exact) mass is 453 g/mol. The highest BCUT2D eigenvalue weighted by Gasteiger charge is 2.32. The molecule has 1 amide bonds. The molecule has 2 aromatic rings. The minimum Gasteiger partial charge on any atom is -0.482 e.